The van der Waals surface area contributed by atoms with Gasteiger partial charge in [0.25, 0.3) is 5.91 Å². The fourth-order valence-corrected chi connectivity index (χ4v) is 3.08. The molecule has 0 spiro atoms. The molecule has 108 valence electrons. The Morgan fingerprint density at radius 1 is 1.43 bits per heavy atom. The molecule has 3 rings (SSSR count). The van der Waals surface area contributed by atoms with Gasteiger partial charge in [-0.2, -0.15) is 5.10 Å². The van der Waals surface area contributed by atoms with E-state index < -0.39 is 6.10 Å². The number of halogens is 1. The fourth-order valence-electron chi connectivity index (χ4n) is 1.78. The molecule has 0 unspecified atom stereocenters. The summed E-state index contributed by atoms with van der Waals surface area (Å²) in [4.78, 5) is 12.9. The number of nitrogens with zero attached hydrogens (tertiary/aromatic N) is 1. The van der Waals surface area contributed by atoms with Crippen LogP contribution in [0.3, 0.4) is 0 Å². The maximum Gasteiger partial charge on any atom is 0.284 e. The van der Waals surface area contributed by atoms with Gasteiger partial charge in [0.15, 0.2) is 11.5 Å². The van der Waals surface area contributed by atoms with Crippen LogP contribution in [0.2, 0.25) is 0 Å². The average molecular weight is 367 g/mol. The molecule has 0 saturated heterocycles. The van der Waals surface area contributed by atoms with E-state index in [1.54, 1.807) is 18.3 Å². The number of fused-ring (bicyclic) bond motifs is 1. The Kier molecular flexibility index (Phi) is 4.21. The zero-order valence-electron chi connectivity index (χ0n) is 10.8. The molecule has 1 aliphatic rings. The van der Waals surface area contributed by atoms with Crippen molar-refractivity contribution in [3.8, 4) is 11.5 Å². The first kappa shape index (κ1) is 14.1. The SMILES string of the molecule is O=C(N/N=C\c1cc(Br)cs1)[C@H]1COc2ccccc2O1. The zero-order chi connectivity index (χ0) is 14.7. The van der Waals surface area contributed by atoms with Gasteiger partial charge in [0, 0.05) is 14.7 Å². The maximum absolute atomic E-state index is 12.0. The van der Waals surface area contributed by atoms with Crippen molar-refractivity contribution in [2.24, 2.45) is 5.10 Å². The van der Waals surface area contributed by atoms with Gasteiger partial charge in [-0.05, 0) is 34.1 Å². The second-order valence-electron chi connectivity index (χ2n) is 4.27. The van der Waals surface area contributed by atoms with Crippen LogP contribution in [-0.4, -0.2) is 24.8 Å². The number of amides is 1. The molecular formula is C14H11BrN2O3S. The number of hydrogen-bond acceptors (Lipinski definition) is 5. The van der Waals surface area contributed by atoms with Crippen LogP contribution in [0.25, 0.3) is 0 Å². The molecule has 5 nitrogen and oxygen atoms in total. The molecular weight excluding hydrogens is 356 g/mol. The molecule has 0 radical (unpaired) electrons. The zero-order valence-corrected chi connectivity index (χ0v) is 13.2. The topological polar surface area (TPSA) is 59.9 Å². The van der Waals surface area contributed by atoms with Crippen molar-refractivity contribution in [1.29, 1.82) is 0 Å². The minimum Gasteiger partial charge on any atom is -0.485 e. The lowest BCUT2D eigenvalue weighted by Crippen LogP contribution is -2.42. The molecule has 21 heavy (non-hydrogen) atoms. The number of para-hydroxylation sites is 2. The summed E-state index contributed by atoms with van der Waals surface area (Å²) < 4.78 is 12.1. The standard InChI is InChI=1S/C14H11BrN2O3S/c15-9-5-10(21-8-9)6-16-17-14(18)13-7-19-11-3-1-2-4-12(11)20-13/h1-6,8,13H,7H2,(H,17,18)/b16-6-/t13-/m1/s1. The maximum atomic E-state index is 12.0. The van der Waals surface area contributed by atoms with Crippen LogP contribution in [0.1, 0.15) is 4.88 Å². The van der Waals surface area contributed by atoms with Gasteiger partial charge < -0.3 is 9.47 Å². The summed E-state index contributed by atoms with van der Waals surface area (Å²) in [5.41, 5.74) is 2.46. The van der Waals surface area contributed by atoms with Gasteiger partial charge in [0.05, 0.1) is 6.21 Å². The highest BCUT2D eigenvalue weighted by Crippen LogP contribution is 2.30. The summed E-state index contributed by atoms with van der Waals surface area (Å²) in [5, 5.41) is 5.86. The number of carbonyl (C=O) groups excluding carboxylic acids is 1. The van der Waals surface area contributed by atoms with Crippen LogP contribution in [-0.2, 0) is 4.79 Å². The number of thiophene rings is 1. The molecule has 1 aromatic carbocycles. The molecule has 1 aliphatic heterocycles. The third kappa shape index (κ3) is 3.43. The number of hydrogen-bond donors (Lipinski definition) is 1. The summed E-state index contributed by atoms with van der Waals surface area (Å²) in [6.07, 6.45) is 0.887. The van der Waals surface area contributed by atoms with Gasteiger partial charge in [0.2, 0.25) is 6.10 Å². The lowest BCUT2D eigenvalue weighted by Gasteiger charge is -2.24. The normalized spacial score (nSPS) is 16.9. The van der Waals surface area contributed by atoms with Crippen molar-refractivity contribution >= 4 is 39.4 Å². The average Bonchev–Trinajstić information content (AvgIpc) is 2.92. The van der Waals surface area contributed by atoms with E-state index in [0.717, 1.165) is 9.35 Å². The third-order valence-corrected chi connectivity index (χ3v) is 4.38. The molecule has 2 aromatic rings. The molecule has 0 fully saturated rings. The first-order valence-electron chi connectivity index (χ1n) is 6.18. The quantitative estimate of drug-likeness (QED) is 0.671. The molecule has 1 amide bonds. The Hall–Kier alpha value is -1.86. The highest BCUT2D eigenvalue weighted by molar-refractivity contribution is 9.10. The fraction of sp³-hybridized carbons (Fsp3) is 0.143. The number of nitrogens with one attached hydrogen (secondary N) is 1. The summed E-state index contributed by atoms with van der Waals surface area (Å²) >= 11 is 4.88. The lowest BCUT2D eigenvalue weighted by atomic mass is 10.2. The van der Waals surface area contributed by atoms with Crippen molar-refractivity contribution in [2.45, 2.75) is 6.10 Å². The van der Waals surface area contributed by atoms with Crippen LogP contribution >= 0.6 is 27.3 Å². The van der Waals surface area contributed by atoms with E-state index in [2.05, 4.69) is 26.5 Å². The number of hydrazone groups is 1. The largest absolute Gasteiger partial charge is 0.485 e. The predicted octanol–water partition coefficient (Wildman–Crippen LogP) is 2.80. The smallest absolute Gasteiger partial charge is 0.284 e. The first-order valence-corrected chi connectivity index (χ1v) is 7.85. The van der Waals surface area contributed by atoms with E-state index in [4.69, 9.17) is 9.47 Å². The number of benzene rings is 1. The summed E-state index contributed by atoms with van der Waals surface area (Å²) in [6, 6.07) is 9.16. The highest BCUT2D eigenvalue weighted by Gasteiger charge is 2.26. The Bertz CT molecular complexity index is 686. The van der Waals surface area contributed by atoms with E-state index >= 15 is 0 Å². The van der Waals surface area contributed by atoms with Gasteiger partial charge in [-0.3, -0.25) is 4.79 Å². The molecule has 1 atom stereocenters. The predicted molar refractivity (Wildman–Crippen MR) is 84.1 cm³/mol. The summed E-state index contributed by atoms with van der Waals surface area (Å²) in [5.74, 6) is 0.875. The van der Waals surface area contributed by atoms with Crippen molar-refractivity contribution in [2.75, 3.05) is 6.61 Å². The van der Waals surface area contributed by atoms with Crippen LogP contribution < -0.4 is 14.9 Å². The van der Waals surface area contributed by atoms with Crippen molar-refractivity contribution in [1.82, 2.24) is 5.43 Å². The third-order valence-electron chi connectivity index (χ3n) is 2.76. The van der Waals surface area contributed by atoms with E-state index in [9.17, 15) is 4.79 Å². The molecule has 0 bridgehead atoms. The summed E-state index contributed by atoms with van der Waals surface area (Å²) in [7, 11) is 0. The second-order valence-corrected chi connectivity index (χ2v) is 6.12. The van der Waals surface area contributed by atoms with Gasteiger partial charge in [-0.25, -0.2) is 5.43 Å². The van der Waals surface area contributed by atoms with Crippen LogP contribution in [0, 0.1) is 0 Å². The monoisotopic (exact) mass is 366 g/mol. The minimum atomic E-state index is -0.702. The van der Waals surface area contributed by atoms with Crippen molar-refractivity contribution in [3.63, 3.8) is 0 Å². The lowest BCUT2D eigenvalue weighted by molar-refractivity contribution is -0.130. The van der Waals surface area contributed by atoms with Gasteiger partial charge in [-0.1, -0.05) is 12.1 Å². The molecule has 0 aliphatic carbocycles. The van der Waals surface area contributed by atoms with Crippen molar-refractivity contribution in [3.05, 3.63) is 45.1 Å². The van der Waals surface area contributed by atoms with E-state index in [1.807, 2.05) is 23.6 Å². The minimum absolute atomic E-state index is 0.170. The van der Waals surface area contributed by atoms with Gasteiger partial charge in [-0.15, -0.1) is 11.3 Å². The number of rotatable bonds is 3. The highest BCUT2D eigenvalue weighted by atomic mass is 79.9. The Morgan fingerprint density at radius 2 is 2.24 bits per heavy atom. The first-order chi connectivity index (χ1) is 10.2. The number of carbonyl (C=O) groups is 1. The second kappa shape index (κ2) is 6.28. The van der Waals surface area contributed by atoms with Crippen LogP contribution in [0.15, 0.2) is 45.3 Å². The van der Waals surface area contributed by atoms with Crippen LogP contribution in [0.5, 0.6) is 11.5 Å². The summed E-state index contributed by atoms with van der Waals surface area (Å²) in [6.45, 7) is 0.170. The molecule has 2 heterocycles. The van der Waals surface area contributed by atoms with Crippen LogP contribution in [0.4, 0.5) is 0 Å². The van der Waals surface area contributed by atoms with E-state index in [0.29, 0.717) is 11.5 Å². The van der Waals surface area contributed by atoms with Gasteiger partial charge >= 0.3 is 0 Å². The molecule has 1 aromatic heterocycles. The van der Waals surface area contributed by atoms with E-state index in [-0.39, 0.29) is 12.5 Å². The number of ether oxygens (including phenoxy) is 2. The van der Waals surface area contributed by atoms with E-state index in [1.165, 1.54) is 11.3 Å². The molecule has 7 heteroatoms. The molecule has 1 N–H and O–H groups in total. The van der Waals surface area contributed by atoms with Gasteiger partial charge in [0.1, 0.15) is 6.61 Å². The molecule has 0 saturated carbocycles. The van der Waals surface area contributed by atoms with Crippen molar-refractivity contribution < 1.29 is 14.3 Å². The Labute approximate surface area is 133 Å². The Balaban J connectivity index is 1.58. The Morgan fingerprint density at radius 3 is 3.00 bits per heavy atom.